The van der Waals surface area contributed by atoms with Crippen LogP contribution in [0.3, 0.4) is 0 Å². The van der Waals surface area contributed by atoms with Crippen molar-refractivity contribution in [1.82, 2.24) is 4.31 Å². The van der Waals surface area contributed by atoms with Crippen LogP contribution in [0.1, 0.15) is 38.7 Å². The summed E-state index contributed by atoms with van der Waals surface area (Å²) in [5.41, 5.74) is 0.432. The first-order valence-corrected chi connectivity index (χ1v) is 8.54. The van der Waals surface area contributed by atoms with Gasteiger partial charge in [-0.3, -0.25) is 0 Å². The standard InChI is InChI=1S/C16H21NO3S/c1-16(2)11-5-12-17(16)21(19,20)15-9-7-14(8-10-15)6-3-4-13-18/h7-10,18H,4-5,11-13H2,1-2H3. The van der Waals surface area contributed by atoms with Crippen molar-refractivity contribution in [3.8, 4) is 11.8 Å². The molecule has 0 aromatic heterocycles. The predicted molar refractivity (Wildman–Crippen MR) is 82.2 cm³/mol. The van der Waals surface area contributed by atoms with Gasteiger partial charge in [-0.1, -0.05) is 11.8 Å². The Balaban J connectivity index is 2.24. The molecule has 2 rings (SSSR count). The summed E-state index contributed by atoms with van der Waals surface area (Å²) < 4.78 is 26.9. The molecule has 0 atom stereocenters. The molecule has 114 valence electrons. The molecule has 1 N–H and O–H groups in total. The number of aliphatic hydroxyl groups excluding tert-OH is 1. The molecule has 1 fully saturated rings. The van der Waals surface area contributed by atoms with E-state index in [9.17, 15) is 8.42 Å². The molecular formula is C16H21NO3S. The van der Waals surface area contributed by atoms with E-state index < -0.39 is 10.0 Å². The van der Waals surface area contributed by atoms with Gasteiger partial charge in [0.25, 0.3) is 0 Å². The molecule has 1 aliphatic heterocycles. The molecule has 1 aliphatic rings. The van der Waals surface area contributed by atoms with Gasteiger partial charge in [0.05, 0.1) is 11.5 Å². The molecule has 0 amide bonds. The summed E-state index contributed by atoms with van der Waals surface area (Å²) >= 11 is 0. The molecule has 0 bridgehead atoms. The highest BCUT2D eigenvalue weighted by molar-refractivity contribution is 7.89. The van der Waals surface area contributed by atoms with E-state index in [0.717, 1.165) is 18.4 Å². The number of benzene rings is 1. The molecule has 21 heavy (non-hydrogen) atoms. The van der Waals surface area contributed by atoms with E-state index in [1.165, 1.54) is 0 Å². The molecule has 0 unspecified atom stereocenters. The van der Waals surface area contributed by atoms with E-state index in [0.29, 0.717) is 17.9 Å². The Morgan fingerprint density at radius 2 is 1.95 bits per heavy atom. The first kappa shape index (κ1) is 16.0. The van der Waals surface area contributed by atoms with Crippen LogP contribution in [0.4, 0.5) is 0 Å². The van der Waals surface area contributed by atoms with E-state index in [1.54, 1.807) is 28.6 Å². The van der Waals surface area contributed by atoms with Gasteiger partial charge in [-0.2, -0.15) is 4.31 Å². The van der Waals surface area contributed by atoms with Crippen LogP contribution in [0.15, 0.2) is 29.2 Å². The lowest BCUT2D eigenvalue weighted by atomic mass is 10.0. The third kappa shape index (κ3) is 3.46. The lowest BCUT2D eigenvalue weighted by Crippen LogP contribution is -2.42. The summed E-state index contributed by atoms with van der Waals surface area (Å²) in [4.78, 5) is 0.310. The van der Waals surface area contributed by atoms with Gasteiger partial charge in [-0.25, -0.2) is 8.42 Å². The Morgan fingerprint density at radius 1 is 1.29 bits per heavy atom. The maximum atomic E-state index is 12.7. The molecule has 0 saturated carbocycles. The van der Waals surface area contributed by atoms with Gasteiger partial charge in [-0.15, -0.1) is 0 Å². The van der Waals surface area contributed by atoms with Crippen LogP contribution in [0.5, 0.6) is 0 Å². The van der Waals surface area contributed by atoms with Crippen LogP contribution in [-0.4, -0.2) is 36.5 Å². The fourth-order valence-electron chi connectivity index (χ4n) is 2.59. The number of hydrogen-bond acceptors (Lipinski definition) is 3. The highest BCUT2D eigenvalue weighted by Crippen LogP contribution is 2.33. The average Bonchev–Trinajstić information content (AvgIpc) is 2.80. The van der Waals surface area contributed by atoms with Crippen molar-refractivity contribution < 1.29 is 13.5 Å². The Morgan fingerprint density at radius 3 is 2.48 bits per heavy atom. The topological polar surface area (TPSA) is 57.6 Å². The quantitative estimate of drug-likeness (QED) is 0.869. The Labute approximate surface area is 126 Å². The van der Waals surface area contributed by atoms with Crippen molar-refractivity contribution in [2.45, 2.75) is 43.5 Å². The van der Waals surface area contributed by atoms with Gasteiger partial charge in [0, 0.05) is 24.1 Å². The van der Waals surface area contributed by atoms with Gasteiger partial charge in [0.1, 0.15) is 0 Å². The number of rotatable bonds is 3. The first-order valence-electron chi connectivity index (χ1n) is 7.10. The molecule has 5 heteroatoms. The number of aliphatic hydroxyl groups is 1. The first-order chi connectivity index (χ1) is 9.88. The van der Waals surface area contributed by atoms with Crippen LogP contribution >= 0.6 is 0 Å². The third-order valence-corrected chi connectivity index (χ3v) is 5.86. The zero-order valence-corrected chi connectivity index (χ0v) is 13.3. The molecule has 1 aromatic rings. The fourth-order valence-corrected chi connectivity index (χ4v) is 4.43. The predicted octanol–water partition coefficient (Wildman–Crippen LogP) is 1.98. The maximum absolute atomic E-state index is 12.7. The second kappa shape index (κ2) is 6.18. The van der Waals surface area contributed by atoms with Gasteiger partial charge in [0.15, 0.2) is 0 Å². The smallest absolute Gasteiger partial charge is 0.243 e. The molecule has 0 spiro atoms. The Kier molecular flexibility index (Phi) is 4.72. The lowest BCUT2D eigenvalue weighted by molar-refractivity contribution is 0.291. The van der Waals surface area contributed by atoms with Crippen LogP contribution in [0.2, 0.25) is 0 Å². The summed E-state index contributed by atoms with van der Waals surface area (Å²) in [6.07, 6.45) is 2.20. The van der Waals surface area contributed by atoms with Gasteiger partial charge in [0.2, 0.25) is 10.0 Å². The van der Waals surface area contributed by atoms with Crippen molar-refractivity contribution in [3.63, 3.8) is 0 Å². The number of nitrogens with zero attached hydrogens (tertiary/aromatic N) is 1. The molecular weight excluding hydrogens is 286 g/mol. The van der Waals surface area contributed by atoms with Crippen molar-refractivity contribution in [2.75, 3.05) is 13.2 Å². The van der Waals surface area contributed by atoms with Crippen LogP contribution in [0.25, 0.3) is 0 Å². The maximum Gasteiger partial charge on any atom is 0.243 e. The minimum atomic E-state index is -3.44. The van der Waals surface area contributed by atoms with Crippen molar-refractivity contribution in [2.24, 2.45) is 0 Å². The van der Waals surface area contributed by atoms with Crippen molar-refractivity contribution >= 4 is 10.0 Å². The average molecular weight is 307 g/mol. The van der Waals surface area contributed by atoms with Crippen LogP contribution < -0.4 is 0 Å². The zero-order valence-electron chi connectivity index (χ0n) is 12.5. The van der Waals surface area contributed by atoms with Crippen LogP contribution in [0, 0.1) is 11.8 Å². The molecule has 0 radical (unpaired) electrons. The fraction of sp³-hybridized carbons (Fsp3) is 0.500. The third-order valence-electron chi connectivity index (χ3n) is 3.74. The minimum absolute atomic E-state index is 0.0313. The monoisotopic (exact) mass is 307 g/mol. The summed E-state index contributed by atoms with van der Waals surface area (Å²) in [5.74, 6) is 5.71. The summed E-state index contributed by atoms with van der Waals surface area (Å²) in [6.45, 7) is 4.54. The van der Waals surface area contributed by atoms with E-state index in [2.05, 4.69) is 11.8 Å². The molecule has 1 saturated heterocycles. The summed E-state index contributed by atoms with van der Waals surface area (Å²) in [6, 6.07) is 6.63. The minimum Gasteiger partial charge on any atom is -0.395 e. The Hall–Kier alpha value is -1.35. The van der Waals surface area contributed by atoms with E-state index in [-0.39, 0.29) is 12.1 Å². The second-order valence-corrected chi connectivity index (χ2v) is 7.66. The van der Waals surface area contributed by atoms with Gasteiger partial charge >= 0.3 is 0 Å². The second-order valence-electron chi connectivity index (χ2n) is 5.79. The SMILES string of the molecule is CC1(C)CCCN1S(=O)(=O)c1ccc(C#CCCO)cc1. The number of sulfonamides is 1. The number of hydrogen-bond donors (Lipinski definition) is 1. The molecule has 4 nitrogen and oxygen atoms in total. The molecule has 1 aromatic carbocycles. The highest BCUT2D eigenvalue weighted by atomic mass is 32.2. The van der Waals surface area contributed by atoms with E-state index >= 15 is 0 Å². The zero-order chi connectivity index (χ0) is 15.5. The van der Waals surface area contributed by atoms with Gasteiger partial charge in [-0.05, 0) is 51.0 Å². The Bertz CT molecular complexity index is 651. The lowest BCUT2D eigenvalue weighted by Gasteiger charge is -2.30. The largest absolute Gasteiger partial charge is 0.395 e. The van der Waals surface area contributed by atoms with Crippen molar-refractivity contribution in [1.29, 1.82) is 0 Å². The highest BCUT2D eigenvalue weighted by Gasteiger charge is 2.40. The van der Waals surface area contributed by atoms with Crippen LogP contribution in [-0.2, 0) is 10.0 Å². The summed E-state index contributed by atoms with van der Waals surface area (Å²) in [7, 11) is -3.44. The van der Waals surface area contributed by atoms with E-state index in [1.807, 2.05) is 13.8 Å². The normalized spacial score (nSPS) is 18.2. The summed E-state index contributed by atoms with van der Waals surface area (Å²) in [5, 5.41) is 8.68. The van der Waals surface area contributed by atoms with Crippen molar-refractivity contribution in [3.05, 3.63) is 29.8 Å². The molecule has 1 heterocycles. The van der Waals surface area contributed by atoms with E-state index in [4.69, 9.17) is 5.11 Å². The molecule has 0 aliphatic carbocycles. The van der Waals surface area contributed by atoms with Gasteiger partial charge < -0.3 is 5.11 Å².